The number of aryl methyl sites for hydroxylation is 3. The summed E-state index contributed by atoms with van der Waals surface area (Å²) >= 11 is 0. The van der Waals surface area contributed by atoms with Crippen LogP contribution in [0.2, 0.25) is 0 Å². The average Bonchev–Trinajstić information content (AvgIpc) is 3.99. The van der Waals surface area contributed by atoms with E-state index < -0.39 is 0 Å². The molecule has 12 aromatic rings. The van der Waals surface area contributed by atoms with E-state index in [0.29, 0.717) is 0 Å². The number of nitrogens with one attached hydrogen (secondary N) is 1. The lowest BCUT2D eigenvalue weighted by atomic mass is 9.93. The molecule has 1 N–H and O–H groups in total. The molecule has 0 saturated heterocycles. The SMILES string of the molecule is Cc1cc(C)c(-c2ccc3c(c2)c2ccc(-c4cccc5c4nc(-c4cccc6c4[nH]c4ccccc46)n5-c4cccc(-c5ccncc5)c4)cc2n3-c2ccccn2)c(C)c1. The Morgan fingerprint density at radius 2 is 1.24 bits per heavy atom. The van der Waals surface area contributed by atoms with Crippen LogP contribution in [0.3, 0.4) is 0 Å². The van der Waals surface area contributed by atoms with Crippen LogP contribution in [0.25, 0.3) is 111 Å². The summed E-state index contributed by atoms with van der Waals surface area (Å²) in [4.78, 5) is 18.6. The highest BCUT2D eigenvalue weighted by atomic mass is 15.1. The Hall–Kier alpha value is -8.09. The number of imidazole rings is 1. The Morgan fingerprint density at radius 1 is 0.468 bits per heavy atom. The molecule has 0 saturated carbocycles. The normalized spacial score (nSPS) is 11.8. The van der Waals surface area contributed by atoms with Crippen molar-refractivity contribution in [2.75, 3.05) is 0 Å². The number of hydrogen-bond donors (Lipinski definition) is 1. The molecule has 7 aromatic carbocycles. The molecular weight excluding hydrogens is 757 g/mol. The second kappa shape index (κ2) is 14.0. The van der Waals surface area contributed by atoms with E-state index in [4.69, 9.17) is 9.97 Å². The Kier molecular flexibility index (Phi) is 8.09. The van der Waals surface area contributed by atoms with Crippen molar-refractivity contribution >= 4 is 54.6 Å². The van der Waals surface area contributed by atoms with Crippen LogP contribution in [0.15, 0.2) is 182 Å². The van der Waals surface area contributed by atoms with Crippen molar-refractivity contribution < 1.29 is 0 Å². The molecular formula is C56H40N6. The summed E-state index contributed by atoms with van der Waals surface area (Å²) in [6.07, 6.45) is 5.56. The monoisotopic (exact) mass is 796 g/mol. The van der Waals surface area contributed by atoms with Crippen molar-refractivity contribution in [2.24, 2.45) is 0 Å². The second-order valence-electron chi connectivity index (χ2n) is 16.4. The number of nitrogens with zero attached hydrogens (tertiary/aromatic N) is 5. The van der Waals surface area contributed by atoms with Gasteiger partial charge in [0.25, 0.3) is 0 Å². The molecule has 0 atom stereocenters. The molecule has 62 heavy (non-hydrogen) atoms. The predicted molar refractivity (Wildman–Crippen MR) is 256 cm³/mol. The van der Waals surface area contributed by atoms with E-state index in [0.717, 1.165) is 78.2 Å². The largest absolute Gasteiger partial charge is 0.354 e. The molecule has 0 aliphatic carbocycles. The van der Waals surface area contributed by atoms with Crippen LogP contribution in [0, 0.1) is 20.8 Å². The summed E-state index contributed by atoms with van der Waals surface area (Å²) in [7, 11) is 0. The van der Waals surface area contributed by atoms with E-state index >= 15 is 0 Å². The maximum absolute atomic E-state index is 5.64. The molecule has 294 valence electrons. The molecule has 0 radical (unpaired) electrons. The molecule has 0 fully saturated rings. The van der Waals surface area contributed by atoms with E-state index in [2.05, 4.69) is 198 Å². The average molecular weight is 797 g/mol. The molecule has 0 aliphatic rings. The number of fused-ring (bicyclic) bond motifs is 7. The minimum atomic E-state index is 0.870. The van der Waals surface area contributed by atoms with Gasteiger partial charge in [-0.15, -0.1) is 0 Å². The van der Waals surface area contributed by atoms with Gasteiger partial charge in [-0.25, -0.2) is 9.97 Å². The van der Waals surface area contributed by atoms with Gasteiger partial charge in [-0.05, 0) is 133 Å². The van der Waals surface area contributed by atoms with Crippen molar-refractivity contribution in [1.82, 2.24) is 29.1 Å². The van der Waals surface area contributed by atoms with Crippen molar-refractivity contribution in [3.8, 4) is 56.3 Å². The van der Waals surface area contributed by atoms with Gasteiger partial charge in [0.1, 0.15) is 11.6 Å². The number of aromatic amines is 1. The van der Waals surface area contributed by atoms with Gasteiger partial charge in [0.2, 0.25) is 0 Å². The summed E-state index contributed by atoms with van der Waals surface area (Å²) in [5.74, 6) is 1.75. The number of pyridine rings is 2. The number of aromatic nitrogens is 6. The van der Waals surface area contributed by atoms with Gasteiger partial charge in [-0.3, -0.25) is 14.1 Å². The second-order valence-corrected chi connectivity index (χ2v) is 16.4. The van der Waals surface area contributed by atoms with Crippen molar-refractivity contribution in [1.29, 1.82) is 0 Å². The fourth-order valence-corrected chi connectivity index (χ4v) is 9.91. The third kappa shape index (κ3) is 5.61. The van der Waals surface area contributed by atoms with Gasteiger partial charge in [0.05, 0.1) is 27.6 Å². The van der Waals surface area contributed by atoms with Crippen LogP contribution in [0.4, 0.5) is 0 Å². The lowest BCUT2D eigenvalue weighted by molar-refractivity contribution is 1.08. The fourth-order valence-electron chi connectivity index (χ4n) is 9.91. The van der Waals surface area contributed by atoms with E-state index in [1.54, 1.807) is 0 Å². The Labute approximate surface area is 358 Å². The fraction of sp³-hybridized carbons (Fsp3) is 0.0536. The maximum Gasteiger partial charge on any atom is 0.147 e. The van der Waals surface area contributed by atoms with Crippen LogP contribution < -0.4 is 0 Å². The quantitative estimate of drug-likeness (QED) is 0.182. The molecule has 0 spiro atoms. The number of H-pyrrole nitrogens is 1. The standard InChI is InChI=1S/C56H40N6/c1-34-29-35(2)53(36(3)30-34)40-21-23-49-47(32-40)44-22-20-39(33-51(44)62(49)52-19-6-7-26-58-52)42-14-10-18-50-55(42)60-56(46-16-9-15-45-43-13-4-5-17-48(43)59-54(45)46)61(50)41-12-8-11-38(31-41)37-24-27-57-28-25-37/h4-33,59H,1-3H3. The Morgan fingerprint density at radius 3 is 2.10 bits per heavy atom. The van der Waals surface area contributed by atoms with E-state index in [1.807, 2.05) is 24.7 Å². The van der Waals surface area contributed by atoms with Crippen molar-refractivity contribution in [3.63, 3.8) is 0 Å². The molecule has 6 nitrogen and oxygen atoms in total. The maximum atomic E-state index is 5.64. The summed E-state index contributed by atoms with van der Waals surface area (Å²) < 4.78 is 4.63. The van der Waals surface area contributed by atoms with E-state index in [9.17, 15) is 0 Å². The first-order valence-corrected chi connectivity index (χ1v) is 21.1. The number of para-hydroxylation sites is 3. The molecule has 0 aliphatic heterocycles. The highest BCUT2D eigenvalue weighted by Gasteiger charge is 2.22. The molecule has 0 amide bonds. The Bertz CT molecular complexity index is 3700. The third-order valence-corrected chi connectivity index (χ3v) is 12.5. The lowest BCUT2D eigenvalue weighted by Crippen LogP contribution is -1.98. The minimum absolute atomic E-state index is 0.870. The Balaban J connectivity index is 1.11. The summed E-state index contributed by atoms with van der Waals surface area (Å²) in [5, 5.41) is 4.74. The molecule has 12 rings (SSSR count). The molecule has 5 aromatic heterocycles. The van der Waals surface area contributed by atoms with Crippen LogP contribution in [0.5, 0.6) is 0 Å². The van der Waals surface area contributed by atoms with Crippen molar-refractivity contribution in [2.45, 2.75) is 20.8 Å². The smallest absolute Gasteiger partial charge is 0.147 e. The van der Waals surface area contributed by atoms with Crippen LogP contribution in [-0.2, 0) is 0 Å². The van der Waals surface area contributed by atoms with Gasteiger partial charge in [0.15, 0.2) is 0 Å². The van der Waals surface area contributed by atoms with Crippen LogP contribution >= 0.6 is 0 Å². The van der Waals surface area contributed by atoms with Crippen LogP contribution in [-0.4, -0.2) is 29.1 Å². The van der Waals surface area contributed by atoms with Gasteiger partial charge in [0, 0.05) is 62.5 Å². The minimum Gasteiger partial charge on any atom is -0.354 e. The molecule has 5 heterocycles. The topological polar surface area (TPSA) is 64.3 Å². The van der Waals surface area contributed by atoms with E-state index in [-0.39, 0.29) is 0 Å². The van der Waals surface area contributed by atoms with Gasteiger partial charge < -0.3 is 4.98 Å². The predicted octanol–water partition coefficient (Wildman–Crippen LogP) is 14.1. The van der Waals surface area contributed by atoms with Crippen LogP contribution in [0.1, 0.15) is 16.7 Å². The summed E-state index contributed by atoms with van der Waals surface area (Å²) in [6.45, 7) is 6.60. The number of hydrogen-bond acceptors (Lipinski definition) is 3. The highest BCUT2D eigenvalue weighted by molar-refractivity contribution is 6.13. The molecule has 0 bridgehead atoms. The van der Waals surface area contributed by atoms with Gasteiger partial charge in [-0.2, -0.15) is 0 Å². The first-order chi connectivity index (χ1) is 30.5. The van der Waals surface area contributed by atoms with Gasteiger partial charge >= 0.3 is 0 Å². The summed E-state index contributed by atoms with van der Waals surface area (Å²) in [6, 6.07) is 58.9. The lowest BCUT2D eigenvalue weighted by Gasteiger charge is -2.12. The van der Waals surface area contributed by atoms with Gasteiger partial charge in [-0.1, -0.05) is 96.6 Å². The first kappa shape index (κ1) is 35.8. The third-order valence-electron chi connectivity index (χ3n) is 12.5. The first-order valence-electron chi connectivity index (χ1n) is 21.1. The van der Waals surface area contributed by atoms with Crippen molar-refractivity contribution in [3.05, 3.63) is 199 Å². The molecule has 0 unspecified atom stereocenters. The zero-order valence-corrected chi connectivity index (χ0v) is 34.6. The molecule has 6 heteroatoms. The van der Waals surface area contributed by atoms with E-state index in [1.165, 1.54) is 49.4 Å². The number of benzene rings is 7. The zero-order chi connectivity index (χ0) is 41.5. The zero-order valence-electron chi connectivity index (χ0n) is 34.6. The summed E-state index contributed by atoms with van der Waals surface area (Å²) in [5.41, 5.74) is 19.1. The highest BCUT2D eigenvalue weighted by Crippen LogP contribution is 2.42. The number of rotatable bonds is 6.